The molecule has 144 valence electrons. The number of hydrogen-bond donors (Lipinski definition) is 0. The molecule has 0 spiro atoms. The number of nitrogens with zero attached hydrogens (tertiary/aromatic N) is 1. The molecule has 1 aromatic rings. The smallest absolute Gasteiger partial charge is 0.356 e. The minimum absolute atomic E-state index is 0.0630. The van der Waals surface area contributed by atoms with Crippen molar-refractivity contribution in [2.24, 2.45) is 5.16 Å². The highest BCUT2D eigenvalue weighted by Crippen LogP contribution is 2.34. The van der Waals surface area contributed by atoms with Crippen molar-refractivity contribution < 1.29 is 35.8 Å². The van der Waals surface area contributed by atoms with Gasteiger partial charge in [0.2, 0.25) is 0 Å². The van der Waals surface area contributed by atoms with Gasteiger partial charge >= 0.3 is 5.97 Å². The molecule has 0 amide bonds. The molecule has 0 aliphatic carbocycles. The molecule has 0 aromatic heterocycles. The zero-order valence-electron chi connectivity index (χ0n) is 14.7. The van der Waals surface area contributed by atoms with Gasteiger partial charge in [0.25, 0.3) is 15.7 Å². The van der Waals surface area contributed by atoms with E-state index < -0.39 is 45.5 Å². The molecule has 2 atom stereocenters. The molecular weight excluding hydrogens is 372 g/mol. The summed E-state index contributed by atoms with van der Waals surface area (Å²) in [6, 6.07) is 2.74. The molecule has 2 rings (SSSR count). The predicted octanol–water partition coefficient (Wildman–Crippen LogP) is 2.14. The molecule has 0 bridgehead atoms. The second-order valence-corrected chi connectivity index (χ2v) is 7.85. The second-order valence-electron chi connectivity index (χ2n) is 6.25. The van der Waals surface area contributed by atoms with Gasteiger partial charge in [-0.1, -0.05) is 5.16 Å². The Morgan fingerprint density at radius 1 is 1.23 bits per heavy atom. The average Bonchev–Trinajstić information content (AvgIpc) is 2.90. The van der Waals surface area contributed by atoms with E-state index in [9.17, 15) is 22.0 Å². The van der Waals surface area contributed by atoms with E-state index in [4.69, 9.17) is 13.8 Å². The van der Waals surface area contributed by atoms with Crippen molar-refractivity contribution >= 4 is 21.8 Å². The normalized spacial score (nSPS) is 21.3. The standard InChI is InChI=1S/C16H19F2NO6S/c1-9(2)23-15(20)16(10(3)24-26(4,21)22)8-14(19-25-16)11-5-12(17)7-13(18)6-11/h5-7,9-10H,8H2,1-4H3. The first-order valence-corrected chi connectivity index (χ1v) is 9.55. The summed E-state index contributed by atoms with van der Waals surface area (Å²) in [5, 5.41) is 3.73. The van der Waals surface area contributed by atoms with E-state index in [0.29, 0.717) is 6.07 Å². The lowest BCUT2D eigenvalue weighted by Gasteiger charge is -2.30. The van der Waals surface area contributed by atoms with Crippen molar-refractivity contribution in [2.75, 3.05) is 6.26 Å². The lowest BCUT2D eigenvalue weighted by Crippen LogP contribution is -2.51. The fourth-order valence-corrected chi connectivity index (χ4v) is 3.15. The monoisotopic (exact) mass is 391 g/mol. The first kappa shape index (κ1) is 20.2. The van der Waals surface area contributed by atoms with Gasteiger partial charge in [-0.15, -0.1) is 0 Å². The Bertz CT molecular complexity index is 819. The van der Waals surface area contributed by atoms with E-state index >= 15 is 0 Å². The third-order valence-corrected chi connectivity index (χ3v) is 4.25. The Hall–Kier alpha value is -2.07. The van der Waals surface area contributed by atoms with Gasteiger partial charge in [-0.2, -0.15) is 8.42 Å². The van der Waals surface area contributed by atoms with Crippen LogP contribution in [0, 0.1) is 11.6 Å². The summed E-state index contributed by atoms with van der Waals surface area (Å²) in [5.41, 5.74) is -1.77. The molecule has 0 saturated carbocycles. The number of esters is 1. The van der Waals surface area contributed by atoms with E-state index in [1.165, 1.54) is 6.92 Å². The summed E-state index contributed by atoms with van der Waals surface area (Å²) >= 11 is 0. The molecule has 0 saturated heterocycles. The molecular formula is C16H19F2NO6S. The Morgan fingerprint density at radius 2 is 1.81 bits per heavy atom. The fourth-order valence-electron chi connectivity index (χ4n) is 2.47. The van der Waals surface area contributed by atoms with E-state index in [0.717, 1.165) is 18.4 Å². The number of hydrogen-bond acceptors (Lipinski definition) is 7. The van der Waals surface area contributed by atoms with Crippen LogP contribution in [0.25, 0.3) is 0 Å². The Labute approximate surface area is 150 Å². The summed E-state index contributed by atoms with van der Waals surface area (Å²) in [7, 11) is -3.92. The van der Waals surface area contributed by atoms with E-state index in [1.807, 2.05) is 0 Å². The van der Waals surface area contributed by atoms with Crippen LogP contribution in [-0.2, 0) is 28.7 Å². The van der Waals surface area contributed by atoms with Crippen molar-refractivity contribution in [3.05, 3.63) is 35.4 Å². The maximum absolute atomic E-state index is 13.5. The summed E-state index contributed by atoms with van der Waals surface area (Å²) in [6.07, 6.45) is -1.26. The average molecular weight is 391 g/mol. The number of oxime groups is 1. The topological polar surface area (TPSA) is 91.3 Å². The van der Waals surface area contributed by atoms with Crippen LogP contribution in [-0.4, -0.2) is 44.2 Å². The molecule has 7 nitrogen and oxygen atoms in total. The number of benzene rings is 1. The highest BCUT2D eigenvalue weighted by atomic mass is 32.2. The van der Waals surface area contributed by atoms with Crippen molar-refractivity contribution in [3.63, 3.8) is 0 Å². The fraction of sp³-hybridized carbons (Fsp3) is 0.500. The van der Waals surface area contributed by atoms with Gasteiger partial charge in [0.05, 0.1) is 24.5 Å². The van der Waals surface area contributed by atoms with E-state index in [2.05, 4.69) is 5.16 Å². The maximum atomic E-state index is 13.5. The largest absolute Gasteiger partial charge is 0.460 e. The highest BCUT2D eigenvalue weighted by molar-refractivity contribution is 7.86. The number of carbonyl (C=O) groups is 1. The zero-order chi connectivity index (χ0) is 19.7. The highest BCUT2D eigenvalue weighted by Gasteiger charge is 2.55. The molecule has 0 N–H and O–H groups in total. The van der Waals surface area contributed by atoms with Crippen molar-refractivity contribution in [1.82, 2.24) is 0 Å². The maximum Gasteiger partial charge on any atom is 0.356 e. The van der Waals surface area contributed by atoms with Gasteiger partial charge in [0.1, 0.15) is 17.7 Å². The Balaban J connectivity index is 2.37. The molecule has 1 heterocycles. The number of carbonyl (C=O) groups excluding carboxylic acids is 1. The van der Waals surface area contributed by atoms with Gasteiger partial charge in [-0.05, 0) is 32.9 Å². The van der Waals surface area contributed by atoms with Crippen LogP contribution in [0.2, 0.25) is 0 Å². The van der Waals surface area contributed by atoms with Crippen LogP contribution < -0.4 is 0 Å². The summed E-state index contributed by atoms with van der Waals surface area (Å²) in [4.78, 5) is 17.8. The number of halogens is 2. The van der Waals surface area contributed by atoms with Crippen LogP contribution in [0.15, 0.2) is 23.4 Å². The van der Waals surface area contributed by atoms with Crippen LogP contribution in [0.4, 0.5) is 8.78 Å². The minimum Gasteiger partial charge on any atom is -0.460 e. The van der Waals surface area contributed by atoms with Crippen molar-refractivity contribution in [1.29, 1.82) is 0 Å². The Morgan fingerprint density at radius 3 is 2.31 bits per heavy atom. The third kappa shape index (κ3) is 4.55. The van der Waals surface area contributed by atoms with Crippen LogP contribution >= 0.6 is 0 Å². The summed E-state index contributed by atoms with van der Waals surface area (Å²) in [5.74, 6) is -2.55. The first-order chi connectivity index (χ1) is 11.9. The summed E-state index contributed by atoms with van der Waals surface area (Å²) < 4.78 is 59.9. The van der Waals surface area contributed by atoms with Crippen LogP contribution in [0.3, 0.4) is 0 Å². The van der Waals surface area contributed by atoms with Gasteiger partial charge in [0, 0.05) is 11.6 Å². The molecule has 1 aliphatic heterocycles. The van der Waals surface area contributed by atoms with Gasteiger partial charge in [0.15, 0.2) is 0 Å². The quantitative estimate of drug-likeness (QED) is 0.545. The molecule has 0 fully saturated rings. The van der Waals surface area contributed by atoms with Gasteiger partial charge < -0.3 is 9.57 Å². The summed E-state index contributed by atoms with van der Waals surface area (Å²) in [6.45, 7) is 4.52. The number of ether oxygens (including phenoxy) is 1. The minimum atomic E-state index is -3.92. The first-order valence-electron chi connectivity index (χ1n) is 7.74. The van der Waals surface area contributed by atoms with E-state index in [-0.39, 0.29) is 17.7 Å². The SMILES string of the molecule is CC(C)OC(=O)C1(C(C)OS(C)(=O)=O)CC(c2cc(F)cc(F)c2)=NO1. The molecule has 0 radical (unpaired) electrons. The molecule has 2 unspecified atom stereocenters. The van der Waals surface area contributed by atoms with Crippen LogP contribution in [0.1, 0.15) is 32.8 Å². The van der Waals surface area contributed by atoms with Crippen LogP contribution in [0.5, 0.6) is 0 Å². The van der Waals surface area contributed by atoms with Gasteiger partial charge in [-0.3, -0.25) is 4.18 Å². The van der Waals surface area contributed by atoms with Crippen molar-refractivity contribution in [3.8, 4) is 0 Å². The van der Waals surface area contributed by atoms with Gasteiger partial charge in [-0.25, -0.2) is 13.6 Å². The molecule has 26 heavy (non-hydrogen) atoms. The lowest BCUT2D eigenvalue weighted by atomic mass is 9.89. The second kappa shape index (κ2) is 7.28. The number of rotatable bonds is 6. The molecule has 10 heteroatoms. The molecule has 1 aliphatic rings. The predicted molar refractivity (Wildman–Crippen MR) is 87.9 cm³/mol. The lowest BCUT2D eigenvalue weighted by molar-refractivity contribution is -0.184. The molecule has 1 aromatic carbocycles. The van der Waals surface area contributed by atoms with E-state index in [1.54, 1.807) is 13.8 Å². The Kier molecular flexibility index (Phi) is 5.67. The van der Waals surface area contributed by atoms with Crippen molar-refractivity contribution in [2.45, 2.75) is 45.0 Å². The zero-order valence-corrected chi connectivity index (χ0v) is 15.5. The third-order valence-electron chi connectivity index (χ3n) is 3.61.